The number of pyridine rings is 1. The molecule has 0 saturated carbocycles. The number of ether oxygens (including phenoxy) is 2. The number of aromatic nitrogens is 1. The summed E-state index contributed by atoms with van der Waals surface area (Å²) < 4.78 is 49.0. The summed E-state index contributed by atoms with van der Waals surface area (Å²) in [5, 5.41) is 2.91. The fraction of sp³-hybridized carbons (Fsp3) is 0.455. The Morgan fingerprint density at radius 1 is 1.22 bits per heavy atom. The molecule has 0 unspecified atom stereocenters. The zero-order valence-corrected chi connectivity index (χ0v) is 18.6. The fourth-order valence-corrected chi connectivity index (χ4v) is 3.98. The number of nitrogens with zero attached hydrogens (tertiary/aromatic N) is 2. The molecule has 1 fully saturated rings. The molecule has 0 aliphatic carbocycles. The van der Waals surface area contributed by atoms with Gasteiger partial charge in [-0.2, -0.15) is 13.2 Å². The summed E-state index contributed by atoms with van der Waals surface area (Å²) in [5.41, 5.74) is 0.0837. The summed E-state index contributed by atoms with van der Waals surface area (Å²) in [6.45, 7) is 1.44. The standard InChI is InChI=1S/C22H25ClF3N3O3/c1-31-17-4-3-14(19(12-17)32-2)5-8-27-21(30)15-6-9-29(10-7-15)20-18(23)11-16(13-28-20)22(24,25)26/h3-4,11-13,15H,5-10H2,1-2H3,(H,27,30). The number of benzene rings is 1. The lowest BCUT2D eigenvalue weighted by atomic mass is 9.95. The Balaban J connectivity index is 1.50. The topological polar surface area (TPSA) is 63.7 Å². The molecular formula is C22H25ClF3N3O3. The number of piperidine rings is 1. The molecule has 32 heavy (non-hydrogen) atoms. The van der Waals surface area contributed by atoms with Gasteiger partial charge in [-0.25, -0.2) is 4.98 Å². The number of carbonyl (C=O) groups is 1. The largest absolute Gasteiger partial charge is 0.497 e. The number of hydrogen-bond donors (Lipinski definition) is 1. The summed E-state index contributed by atoms with van der Waals surface area (Å²) in [7, 11) is 3.17. The minimum Gasteiger partial charge on any atom is -0.497 e. The highest BCUT2D eigenvalue weighted by Crippen LogP contribution is 2.34. The summed E-state index contributed by atoms with van der Waals surface area (Å²) in [6.07, 6.45) is -1.96. The van der Waals surface area contributed by atoms with Crippen LogP contribution >= 0.6 is 11.6 Å². The molecule has 1 aliphatic rings. The number of methoxy groups -OCH3 is 2. The molecule has 1 aliphatic heterocycles. The van der Waals surface area contributed by atoms with Crippen molar-refractivity contribution in [1.29, 1.82) is 0 Å². The Labute approximate surface area is 189 Å². The van der Waals surface area contributed by atoms with Gasteiger partial charge in [0.1, 0.15) is 17.3 Å². The number of anilines is 1. The second-order valence-corrected chi connectivity index (χ2v) is 7.91. The van der Waals surface area contributed by atoms with Crippen LogP contribution in [0.25, 0.3) is 0 Å². The van der Waals surface area contributed by atoms with Crippen LogP contribution in [0.2, 0.25) is 5.02 Å². The van der Waals surface area contributed by atoms with Gasteiger partial charge in [-0.05, 0) is 37.0 Å². The molecule has 1 amide bonds. The number of hydrogen-bond acceptors (Lipinski definition) is 5. The van der Waals surface area contributed by atoms with E-state index >= 15 is 0 Å². The van der Waals surface area contributed by atoms with Crippen LogP contribution in [-0.2, 0) is 17.4 Å². The molecular weight excluding hydrogens is 447 g/mol. The first-order valence-corrected chi connectivity index (χ1v) is 10.6. The second kappa shape index (κ2) is 10.3. The molecule has 2 aromatic rings. The van der Waals surface area contributed by atoms with Crippen molar-refractivity contribution in [1.82, 2.24) is 10.3 Å². The van der Waals surface area contributed by atoms with E-state index in [4.69, 9.17) is 21.1 Å². The molecule has 2 heterocycles. The lowest BCUT2D eigenvalue weighted by Gasteiger charge is -2.32. The molecule has 0 atom stereocenters. The Kier molecular flexibility index (Phi) is 7.71. The van der Waals surface area contributed by atoms with Crippen LogP contribution in [0.15, 0.2) is 30.5 Å². The normalized spacial score (nSPS) is 14.9. The number of alkyl halides is 3. The van der Waals surface area contributed by atoms with Crippen molar-refractivity contribution in [3.05, 3.63) is 46.6 Å². The molecule has 1 aromatic carbocycles. The Morgan fingerprint density at radius 3 is 2.53 bits per heavy atom. The van der Waals surface area contributed by atoms with Crippen molar-refractivity contribution in [3.8, 4) is 11.5 Å². The van der Waals surface area contributed by atoms with Crippen LogP contribution in [0.3, 0.4) is 0 Å². The Hall–Kier alpha value is -2.68. The number of halogens is 4. The highest BCUT2D eigenvalue weighted by atomic mass is 35.5. The van der Waals surface area contributed by atoms with E-state index < -0.39 is 11.7 Å². The lowest BCUT2D eigenvalue weighted by molar-refractivity contribution is -0.137. The number of nitrogens with one attached hydrogen (secondary N) is 1. The van der Waals surface area contributed by atoms with Crippen molar-refractivity contribution in [3.63, 3.8) is 0 Å². The van der Waals surface area contributed by atoms with Crippen LogP contribution in [0.5, 0.6) is 11.5 Å². The molecule has 0 spiro atoms. The SMILES string of the molecule is COc1ccc(CCNC(=O)C2CCN(c3ncc(C(F)(F)F)cc3Cl)CC2)c(OC)c1. The zero-order chi connectivity index (χ0) is 23.3. The predicted molar refractivity (Wildman–Crippen MR) is 115 cm³/mol. The van der Waals surface area contributed by atoms with Crippen LogP contribution < -0.4 is 19.7 Å². The van der Waals surface area contributed by atoms with Gasteiger partial charge in [-0.15, -0.1) is 0 Å². The van der Waals surface area contributed by atoms with Crippen molar-refractivity contribution >= 4 is 23.3 Å². The summed E-state index contributed by atoms with van der Waals surface area (Å²) in [5.74, 6) is 1.50. The second-order valence-electron chi connectivity index (χ2n) is 7.51. The fourth-order valence-electron chi connectivity index (χ4n) is 3.69. The molecule has 1 N–H and O–H groups in total. The van der Waals surface area contributed by atoms with Gasteiger partial charge in [0.15, 0.2) is 0 Å². The maximum Gasteiger partial charge on any atom is 0.417 e. The third kappa shape index (κ3) is 5.76. The third-order valence-corrected chi connectivity index (χ3v) is 5.78. The predicted octanol–water partition coefficient (Wildman–Crippen LogP) is 4.35. The molecule has 10 heteroatoms. The molecule has 1 aromatic heterocycles. The molecule has 0 radical (unpaired) electrons. The van der Waals surface area contributed by atoms with Crippen molar-refractivity contribution in [2.24, 2.45) is 5.92 Å². The first-order valence-electron chi connectivity index (χ1n) is 10.2. The van der Waals surface area contributed by atoms with Crippen LogP contribution in [0.4, 0.5) is 19.0 Å². The van der Waals surface area contributed by atoms with E-state index in [2.05, 4.69) is 10.3 Å². The van der Waals surface area contributed by atoms with E-state index in [1.54, 1.807) is 20.3 Å². The van der Waals surface area contributed by atoms with E-state index in [1.165, 1.54) is 0 Å². The summed E-state index contributed by atoms with van der Waals surface area (Å²) in [4.78, 5) is 18.3. The maximum absolute atomic E-state index is 12.8. The van der Waals surface area contributed by atoms with Gasteiger partial charge in [-0.1, -0.05) is 17.7 Å². The Bertz CT molecular complexity index is 948. The van der Waals surface area contributed by atoms with Gasteiger partial charge in [0, 0.05) is 37.8 Å². The molecule has 6 nitrogen and oxygen atoms in total. The van der Waals surface area contributed by atoms with Gasteiger partial charge >= 0.3 is 6.18 Å². The first-order chi connectivity index (χ1) is 15.2. The molecule has 3 rings (SSSR count). The van der Waals surface area contributed by atoms with Crippen molar-refractivity contribution in [2.45, 2.75) is 25.4 Å². The molecule has 1 saturated heterocycles. The Morgan fingerprint density at radius 2 is 1.94 bits per heavy atom. The number of amides is 1. The van der Waals surface area contributed by atoms with Crippen molar-refractivity contribution < 1.29 is 27.4 Å². The van der Waals surface area contributed by atoms with E-state index in [0.29, 0.717) is 56.2 Å². The minimum absolute atomic E-state index is 0.0383. The van der Waals surface area contributed by atoms with Crippen LogP contribution in [-0.4, -0.2) is 44.7 Å². The lowest BCUT2D eigenvalue weighted by Crippen LogP contribution is -2.41. The molecule has 0 bridgehead atoms. The minimum atomic E-state index is -4.49. The summed E-state index contributed by atoms with van der Waals surface area (Å²) >= 11 is 6.04. The van der Waals surface area contributed by atoms with Gasteiger partial charge < -0.3 is 19.7 Å². The van der Waals surface area contributed by atoms with Gasteiger partial charge in [0.2, 0.25) is 5.91 Å². The van der Waals surface area contributed by atoms with E-state index in [0.717, 1.165) is 17.8 Å². The van der Waals surface area contributed by atoms with Gasteiger partial charge in [-0.3, -0.25) is 4.79 Å². The number of rotatable bonds is 7. The average molecular weight is 472 g/mol. The average Bonchev–Trinajstić information content (AvgIpc) is 2.78. The van der Waals surface area contributed by atoms with E-state index in [9.17, 15) is 18.0 Å². The van der Waals surface area contributed by atoms with Crippen LogP contribution in [0.1, 0.15) is 24.0 Å². The number of carbonyl (C=O) groups excluding carboxylic acids is 1. The molecule has 174 valence electrons. The summed E-state index contributed by atoms with van der Waals surface area (Å²) in [6, 6.07) is 6.43. The highest BCUT2D eigenvalue weighted by molar-refractivity contribution is 6.33. The third-order valence-electron chi connectivity index (χ3n) is 5.50. The van der Waals surface area contributed by atoms with E-state index in [-0.39, 0.29) is 16.8 Å². The van der Waals surface area contributed by atoms with Gasteiger partial charge in [0.25, 0.3) is 0 Å². The first kappa shape index (κ1) is 24.0. The maximum atomic E-state index is 12.8. The van der Waals surface area contributed by atoms with Crippen LogP contribution in [0, 0.1) is 5.92 Å². The zero-order valence-electron chi connectivity index (χ0n) is 17.8. The van der Waals surface area contributed by atoms with Gasteiger partial charge in [0.05, 0.1) is 24.8 Å². The monoisotopic (exact) mass is 471 g/mol. The van der Waals surface area contributed by atoms with Crippen molar-refractivity contribution in [2.75, 3.05) is 38.8 Å². The highest BCUT2D eigenvalue weighted by Gasteiger charge is 2.33. The smallest absolute Gasteiger partial charge is 0.417 e. The van der Waals surface area contributed by atoms with E-state index in [1.807, 2.05) is 17.0 Å². The quantitative estimate of drug-likeness (QED) is 0.650.